The van der Waals surface area contributed by atoms with Crippen molar-refractivity contribution in [1.82, 2.24) is 5.48 Å². The molecule has 0 bridgehead atoms. The lowest BCUT2D eigenvalue weighted by atomic mass is 10.1. The van der Waals surface area contributed by atoms with E-state index in [9.17, 15) is 9.36 Å². The summed E-state index contributed by atoms with van der Waals surface area (Å²) in [6.07, 6.45) is 3.63. The molecule has 1 rings (SSSR count). The third-order valence-corrected chi connectivity index (χ3v) is 4.87. The van der Waals surface area contributed by atoms with Gasteiger partial charge in [-0.3, -0.25) is 9.05 Å². The molecule has 0 spiro atoms. The van der Waals surface area contributed by atoms with E-state index in [0.717, 1.165) is 37.0 Å². The van der Waals surface area contributed by atoms with Gasteiger partial charge in [-0.1, -0.05) is 38.3 Å². The fourth-order valence-electron chi connectivity index (χ4n) is 2.25. The van der Waals surface area contributed by atoms with Crippen LogP contribution in [0.3, 0.4) is 0 Å². The minimum absolute atomic E-state index is 0.0734. The Morgan fingerprint density at radius 2 is 1.96 bits per heavy atom. The highest BCUT2D eigenvalue weighted by atomic mass is 31.2. The fraction of sp³-hybridized carbons (Fsp3) is 0.632. The third-order valence-electron chi connectivity index (χ3n) is 3.61. The van der Waals surface area contributed by atoms with E-state index in [2.05, 4.69) is 6.92 Å². The lowest BCUT2D eigenvalue weighted by molar-refractivity contribution is 0.0615. The van der Waals surface area contributed by atoms with E-state index in [-0.39, 0.29) is 19.3 Å². The van der Waals surface area contributed by atoms with Crippen LogP contribution >= 0.6 is 7.82 Å². The zero-order valence-corrected chi connectivity index (χ0v) is 18.0. The number of carbonyl (C=O) groups excluding carboxylic acids is 1. The number of unbranched alkanes of at least 4 members (excludes halogenated alkanes) is 3. The van der Waals surface area contributed by atoms with Gasteiger partial charge in [-0.05, 0) is 44.4 Å². The highest BCUT2D eigenvalue weighted by Crippen LogP contribution is 2.47. The van der Waals surface area contributed by atoms with Crippen molar-refractivity contribution < 1.29 is 32.5 Å². The van der Waals surface area contributed by atoms with Crippen molar-refractivity contribution in [2.24, 2.45) is 0 Å². The van der Waals surface area contributed by atoms with E-state index in [1.165, 1.54) is 7.11 Å². The van der Waals surface area contributed by atoms with Crippen molar-refractivity contribution in [2.45, 2.75) is 59.0 Å². The molecule has 1 atom stereocenters. The van der Waals surface area contributed by atoms with Gasteiger partial charge in [0.15, 0.2) is 0 Å². The van der Waals surface area contributed by atoms with Crippen LogP contribution in [0.2, 0.25) is 0 Å². The van der Waals surface area contributed by atoms with Crippen LogP contribution in [0.5, 0.6) is 5.75 Å². The second-order valence-corrected chi connectivity index (χ2v) is 8.12. The van der Waals surface area contributed by atoms with Gasteiger partial charge in [-0.25, -0.2) is 9.36 Å². The predicted molar refractivity (Wildman–Crippen MR) is 106 cm³/mol. The first-order valence-corrected chi connectivity index (χ1v) is 11.0. The van der Waals surface area contributed by atoms with Gasteiger partial charge in [0.2, 0.25) is 0 Å². The number of ether oxygens (including phenoxy) is 2. The number of rotatable bonds is 14. The first-order chi connectivity index (χ1) is 13.4. The lowest BCUT2D eigenvalue weighted by Crippen LogP contribution is -2.24. The first-order valence-electron chi connectivity index (χ1n) is 9.55. The molecule has 1 amide bonds. The van der Waals surface area contributed by atoms with E-state index in [1.54, 1.807) is 0 Å². The lowest BCUT2D eigenvalue weighted by Gasteiger charge is -2.16. The maximum atomic E-state index is 12.3. The summed E-state index contributed by atoms with van der Waals surface area (Å²) in [6, 6.07) is 7.53. The largest absolute Gasteiger partial charge is 0.496 e. The smallest absolute Gasteiger partial charge is 0.491 e. The van der Waals surface area contributed by atoms with Crippen LogP contribution < -0.4 is 10.2 Å². The van der Waals surface area contributed by atoms with E-state index in [1.807, 2.05) is 43.6 Å². The Bertz CT molecular complexity index is 624. The summed E-state index contributed by atoms with van der Waals surface area (Å²) in [5.41, 5.74) is 2.89. The number of benzene rings is 1. The Kier molecular flexibility index (Phi) is 11.8. The number of amides is 1. The van der Waals surface area contributed by atoms with Crippen LogP contribution in [0.1, 0.15) is 52.0 Å². The van der Waals surface area contributed by atoms with Crippen LogP contribution in [0.4, 0.5) is 4.79 Å². The normalized spacial score (nSPS) is 13.2. The summed E-state index contributed by atoms with van der Waals surface area (Å²) in [5, 5.41) is 0. The summed E-state index contributed by atoms with van der Waals surface area (Å²) in [5.74, 6) is 0.752. The Labute approximate surface area is 167 Å². The molecule has 1 aromatic carbocycles. The molecular weight excluding hydrogens is 385 g/mol. The van der Waals surface area contributed by atoms with Crippen LogP contribution in [0, 0.1) is 0 Å². The zero-order chi connectivity index (χ0) is 20.8. The molecule has 0 aliphatic carbocycles. The second kappa shape index (κ2) is 13.6. The average Bonchev–Trinajstić information content (AvgIpc) is 2.66. The number of nitrogens with one attached hydrogen (secondary N) is 1. The van der Waals surface area contributed by atoms with Gasteiger partial charge in [0.1, 0.15) is 5.75 Å². The summed E-state index contributed by atoms with van der Waals surface area (Å²) in [4.78, 5) is 11.6. The van der Waals surface area contributed by atoms with Crippen molar-refractivity contribution in [3.05, 3.63) is 29.8 Å². The molecule has 0 heterocycles. The Morgan fingerprint density at radius 1 is 1.18 bits per heavy atom. The zero-order valence-electron chi connectivity index (χ0n) is 17.1. The van der Waals surface area contributed by atoms with Crippen LogP contribution in [0.15, 0.2) is 24.3 Å². The molecule has 9 heteroatoms. The van der Waals surface area contributed by atoms with Crippen molar-refractivity contribution in [3.63, 3.8) is 0 Å². The van der Waals surface area contributed by atoms with E-state index < -0.39 is 13.9 Å². The average molecular weight is 417 g/mol. The molecule has 0 fully saturated rings. The highest BCUT2D eigenvalue weighted by molar-refractivity contribution is 7.48. The monoisotopic (exact) mass is 417 g/mol. The molecule has 28 heavy (non-hydrogen) atoms. The molecule has 8 nitrogen and oxygen atoms in total. The number of hydroxylamine groups is 1. The summed E-state index contributed by atoms with van der Waals surface area (Å²) >= 11 is 0. The maximum absolute atomic E-state index is 12.3. The highest BCUT2D eigenvalue weighted by Gasteiger charge is 2.27. The van der Waals surface area contributed by atoms with Gasteiger partial charge in [0.05, 0.1) is 19.3 Å². The first kappa shape index (κ1) is 24.4. The molecule has 0 saturated heterocycles. The van der Waals surface area contributed by atoms with Crippen molar-refractivity contribution >= 4 is 13.9 Å². The molecule has 0 aromatic heterocycles. The van der Waals surface area contributed by atoms with Gasteiger partial charge < -0.3 is 9.47 Å². The molecule has 0 radical (unpaired) electrons. The number of phosphoric ester groups is 1. The minimum Gasteiger partial charge on any atom is -0.491 e. The Morgan fingerprint density at radius 3 is 2.64 bits per heavy atom. The summed E-state index contributed by atoms with van der Waals surface area (Å²) < 4.78 is 37.7. The van der Waals surface area contributed by atoms with Crippen LogP contribution in [-0.2, 0) is 29.4 Å². The van der Waals surface area contributed by atoms with E-state index in [0.29, 0.717) is 6.42 Å². The predicted octanol–water partition coefficient (Wildman–Crippen LogP) is 5.03. The van der Waals surface area contributed by atoms with Crippen molar-refractivity contribution in [3.8, 4) is 5.75 Å². The summed E-state index contributed by atoms with van der Waals surface area (Å²) in [7, 11) is -2.74. The number of hydrogen-bond donors (Lipinski definition) is 1. The van der Waals surface area contributed by atoms with Crippen LogP contribution in [0.25, 0.3) is 0 Å². The molecule has 160 valence electrons. The Balaban J connectivity index is 2.35. The molecule has 1 N–H and O–H groups in total. The number of carbonyl (C=O) groups is 1. The maximum Gasteiger partial charge on any atom is 0.496 e. The second-order valence-electron chi connectivity index (χ2n) is 6.42. The van der Waals surface area contributed by atoms with E-state index >= 15 is 0 Å². The molecule has 1 aromatic rings. The SMILES string of the molecule is CCCCCCOC(=O)NOP(=O)(OC)OCCc1cccc(OC(C)C)c1. The van der Waals surface area contributed by atoms with E-state index in [4.69, 9.17) is 23.1 Å². The standard InChI is InChI=1S/C19H32NO7P/c1-5-6-7-8-13-24-19(21)20-27-28(22,23-4)25-14-12-17-10-9-11-18(15-17)26-16(2)3/h9-11,15-16H,5-8,12-14H2,1-4H3,(H,20,21). The fourth-order valence-corrected chi connectivity index (χ4v) is 2.99. The van der Waals surface area contributed by atoms with Gasteiger partial charge in [0, 0.05) is 7.11 Å². The topological polar surface area (TPSA) is 92.3 Å². The van der Waals surface area contributed by atoms with Gasteiger partial charge in [-0.2, -0.15) is 10.1 Å². The molecule has 0 saturated carbocycles. The molecule has 1 unspecified atom stereocenters. The number of phosphoric acid groups is 1. The quantitative estimate of drug-likeness (QED) is 0.258. The van der Waals surface area contributed by atoms with Gasteiger partial charge >= 0.3 is 13.9 Å². The third kappa shape index (κ3) is 10.7. The summed E-state index contributed by atoms with van der Waals surface area (Å²) in [6.45, 7) is 6.34. The van der Waals surface area contributed by atoms with Crippen molar-refractivity contribution in [1.29, 1.82) is 0 Å². The van der Waals surface area contributed by atoms with Crippen molar-refractivity contribution in [2.75, 3.05) is 20.3 Å². The minimum atomic E-state index is -3.92. The van der Waals surface area contributed by atoms with Crippen LogP contribution in [-0.4, -0.2) is 32.5 Å². The Hall–Kier alpha value is -1.60. The van der Waals surface area contributed by atoms with Gasteiger partial charge in [-0.15, -0.1) is 0 Å². The molecule has 0 aliphatic rings. The number of hydrogen-bond acceptors (Lipinski definition) is 7. The van der Waals surface area contributed by atoms with Gasteiger partial charge in [0.25, 0.3) is 0 Å². The molecule has 0 aliphatic heterocycles. The molecular formula is C19H32NO7P.